The second kappa shape index (κ2) is 4.58. The summed E-state index contributed by atoms with van der Waals surface area (Å²) in [6.07, 6.45) is 0.284. The minimum Gasteiger partial charge on any atom is -0.466 e. The van der Waals surface area contributed by atoms with E-state index in [1.165, 1.54) is 4.72 Å². The molecular formula is C7H10F3NO4S. The maximum absolute atomic E-state index is 11.9. The van der Waals surface area contributed by atoms with E-state index in [1.54, 1.807) is 0 Å². The lowest BCUT2D eigenvalue weighted by Gasteiger charge is -2.21. The smallest absolute Gasteiger partial charge is 0.466 e. The van der Waals surface area contributed by atoms with Gasteiger partial charge in [-0.3, -0.25) is 4.79 Å². The summed E-state index contributed by atoms with van der Waals surface area (Å²) in [5, 5.41) is 0. The molecule has 1 rings (SSSR count). The molecule has 0 aliphatic carbocycles. The van der Waals surface area contributed by atoms with E-state index in [2.05, 4.69) is 4.74 Å². The fourth-order valence-electron chi connectivity index (χ4n) is 1.22. The number of alkyl halides is 3. The number of ether oxygens (including phenoxy) is 1. The molecule has 0 radical (unpaired) electrons. The van der Waals surface area contributed by atoms with Crippen molar-refractivity contribution in [3.8, 4) is 0 Å². The molecule has 0 aromatic heterocycles. The van der Waals surface area contributed by atoms with Crippen LogP contribution in [0.2, 0.25) is 0 Å². The van der Waals surface area contributed by atoms with Crippen LogP contribution in [-0.4, -0.2) is 33.0 Å². The molecule has 5 nitrogen and oxygen atoms in total. The Kier molecular flexibility index (Phi) is 3.79. The minimum absolute atomic E-state index is 0.0691. The lowest BCUT2D eigenvalue weighted by atomic mass is 10.0. The summed E-state index contributed by atoms with van der Waals surface area (Å²) >= 11 is 0. The molecule has 1 saturated heterocycles. The van der Waals surface area contributed by atoms with Crippen LogP contribution in [0.25, 0.3) is 0 Å². The summed E-state index contributed by atoms with van der Waals surface area (Å²) in [4.78, 5) is 10.8. The quantitative estimate of drug-likeness (QED) is 0.745. The Morgan fingerprint density at radius 3 is 2.56 bits per heavy atom. The average Bonchev–Trinajstić information content (AvgIpc) is 2.13. The van der Waals surface area contributed by atoms with E-state index in [4.69, 9.17) is 0 Å². The highest BCUT2D eigenvalue weighted by Crippen LogP contribution is 2.22. The monoisotopic (exact) mass is 261 g/mol. The number of sulfonamides is 1. The van der Waals surface area contributed by atoms with Gasteiger partial charge in [-0.2, -0.15) is 13.2 Å². The zero-order valence-electron chi connectivity index (χ0n) is 8.08. The van der Waals surface area contributed by atoms with Gasteiger partial charge < -0.3 is 4.74 Å². The van der Waals surface area contributed by atoms with Crippen LogP contribution < -0.4 is 4.72 Å². The number of halogens is 3. The molecule has 1 aliphatic rings. The molecule has 0 spiro atoms. The van der Waals surface area contributed by atoms with Crippen molar-refractivity contribution >= 4 is 16.0 Å². The highest BCUT2D eigenvalue weighted by atomic mass is 32.2. The molecule has 0 aromatic carbocycles. The van der Waals surface area contributed by atoms with Crippen LogP contribution >= 0.6 is 0 Å². The molecular weight excluding hydrogens is 251 g/mol. The van der Waals surface area contributed by atoms with Gasteiger partial charge in [0.05, 0.1) is 6.61 Å². The first kappa shape index (κ1) is 13.2. The molecule has 9 heteroatoms. The number of rotatable bonds is 3. The number of cyclic esters (lactones) is 1. The number of carbonyl (C=O) groups is 1. The van der Waals surface area contributed by atoms with Crippen LogP contribution in [0.3, 0.4) is 0 Å². The average molecular weight is 261 g/mol. The molecule has 1 fully saturated rings. The van der Waals surface area contributed by atoms with Gasteiger partial charge in [0.2, 0.25) is 0 Å². The standard InChI is InChI=1S/C7H10F3NO4S/c8-7(9,10)16(13,14)11-4-5-1-2-15-6(12)3-5/h5,11H,1-4H2. The van der Waals surface area contributed by atoms with Crippen LogP contribution in [-0.2, 0) is 19.6 Å². The van der Waals surface area contributed by atoms with Crippen molar-refractivity contribution in [2.45, 2.75) is 18.3 Å². The Morgan fingerprint density at radius 1 is 1.44 bits per heavy atom. The molecule has 1 N–H and O–H groups in total. The fraction of sp³-hybridized carbons (Fsp3) is 0.857. The van der Waals surface area contributed by atoms with Crippen molar-refractivity contribution in [1.29, 1.82) is 0 Å². The maximum atomic E-state index is 11.9. The van der Waals surface area contributed by atoms with Crippen molar-refractivity contribution in [2.24, 2.45) is 5.92 Å². The van der Waals surface area contributed by atoms with Gasteiger partial charge >= 0.3 is 21.5 Å². The summed E-state index contributed by atoms with van der Waals surface area (Å²) in [7, 11) is -5.32. The van der Waals surface area contributed by atoms with Crippen molar-refractivity contribution < 1.29 is 31.1 Å². The SMILES string of the molecule is O=C1CC(CNS(=O)(=O)C(F)(F)F)CCO1. The van der Waals surface area contributed by atoms with Gasteiger partial charge in [0.1, 0.15) is 0 Å². The Hall–Kier alpha value is -0.830. The summed E-state index contributed by atoms with van der Waals surface area (Å²) in [6, 6.07) is 0. The third-order valence-electron chi connectivity index (χ3n) is 2.11. The maximum Gasteiger partial charge on any atom is 0.511 e. The highest BCUT2D eigenvalue weighted by molar-refractivity contribution is 7.90. The Morgan fingerprint density at radius 2 is 2.06 bits per heavy atom. The van der Waals surface area contributed by atoms with Crippen molar-refractivity contribution in [3.05, 3.63) is 0 Å². The number of nitrogens with one attached hydrogen (secondary N) is 1. The summed E-state index contributed by atoms with van der Waals surface area (Å²) in [5.41, 5.74) is -5.32. The number of esters is 1. The third-order valence-corrected chi connectivity index (χ3v) is 3.27. The van der Waals surface area contributed by atoms with E-state index in [-0.39, 0.29) is 13.0 Å². The normalized spacial score (nSPS) is 22.9. The van der Waals surface area contributed by atoms with E-state index in [1.807, 2.05) is 0 Å². The molecule has 16 heavy (non-hydrogen) atoms. The topological polar surface area (TPSA) is 72.5 Å². The molecule has 0 saturated carbocycles. The minimum atomic E-state index is -5.32. The number of hydrogen-bond acceptors (Lipinski definition) is 4. The van der Waals surface area contributed by atoms with Gasteiger partial charge in [-0.05, 0) is 12.3 Å². The van der Waals surface area contributed by atoms with E-state index >= 15 is 0 Å². The largest absolute Gasteiger partial charge is 0.511 e. The van der Waals surface area contributed by atoms with Crippen LogP contribution in [0.4, 0.5) is 13.2 Å². The van der Waals surface area contributed by atoms with E-state index in [0.717, 1.165) is 0 Å². The van der Waals surface area contributed by atoms with Crippen LogP contribution in [0.15, 0.2) is 0 Å². The summed E-state index contributed by atoms with van der Waals surface area (Å²) in [6.45, 7) is -0.297. The van der Waals surface area contributed by atoms with Crippen molar-refractivity contribution in [2.75, 3.05) is 13.2 Å². The number of hydrogen-bond donors (Lipinski definition) is 1. The van der Waals surface area contributed by atoms with Gasteiger partial charge in [0, 0.05) is 13.0 Å². The predicted octanol–water partition coefficient (Wildman–Crippen LogP) is 0.379. The Labute approximate surface area is 90.0 Å². The lowest BCUT2D eigenvalue weighted by Crippen LogP contribution is -2.40. The molecule has 0 aromatic rings. The molecule has 0 amide bonds. The predicted molar refractivity (Wildman–Crippen MR) is 46.7 cm³/mol. The fourth-order valence-corrected chi connectivity index (χ4v) is 1.84. The first-order chi connectivity index (χ1) is 7.22. The van der Waals surface area contributed by atoms with Gasteiger partial charge in [0.25, 0.3) is 0 Å². The molecule has 0 bridgehead atoms. The Bertz CT molecular complexity index is 364. The van der Waals surface area contributed by atoms with Crippen LogP contribution in [0.1, 0.15) is 12.8 Å². The summed E-state index contributed by atoms with van der Waals surface area (Å²) in [5.74, 6) is -0.971. The van der Waals surface area contributed by atoms with E-state index < -0.39 is 34.0 Å². The van der Waals surface area contributed by atoms with Gasteiger partial charge in [-0.25, -0.2) is 13.1 Å². The number of carbonyl (C=O) groups excluding carboxylic acids is 1. The molecule has 1 aliphatic heterocycles. The second-order valence-electron chi connectivity index (χ2n) is 3.38. The third kappa shape index (κ3) is 3.34. The molecule has 1 heterocycles. The van der Waals surface area contributed by atoms with Gasteiger partial charge in [-0.1, -0.05) is 0 Å². The van der Waals surface area contributed by atoms with Crippen molar-refractivity contribution in [3.63, 3.8) is 0 Å². The van der Waals surface area contributed by atoms with Crippen LogP contribution in [0, 0.1) is 5.92 Å². The first-order valence-electron chi connectivity index (χ1n) is 4.44. The molecule has 1 unspecified atom stereocenters. The lowest BCUT2D eigenvalue weighted by molar-refractivity contribution is -0.148. The first-order valence-corrected chi connectivity index (χ1v) is 5.92. The van der Waals surface area contributed by atoms with Gasteiger partial charge in [0.15, 0.2) is 0 Å². The van der Waals surface area contributed by atoms with Crippen molar-refractivity contribution in [1.82, 2.24) is 4.72 Å². The molecule has 1 atom stereocenters. The highest BCUT2D eigenvalue weighted by Gasteiger charge is 2.45. The summed E-state index contributed by atoms with van der Waals surface area (Å²) < 4.78 is 63.0. The zero-order chi connectivity index (χ0) is 12.4. The van der Waals surface area contributed by atoms with E-state index in [0.29, 0.717) is 6.42 Å². The van der Waals surface area contributed by atoms with Crippen LogP contribution in [0.5, 0.6) is 0 Å². The Balaban J connectivity index is 2.49. The molecule has 94 valence electrons. The zero-order valence-corrected chi connectivity index (χ0v) is 8.90. The van der Waals surface area contributed by atoms with Gasteiger partial charge in [-0.15, -0.1) is 0 Å². The van der Waals surface area contributed by atoms with E-state index in [9.17, 15) is 26.4 Å². The second-order valence-corrected chi connectivity index (χ2v) is 5.14.